The number of allylic oxidation sites excluding steroid dienone is 29. The summed E-state index contributed by atoms with van der Waals surface area (Å²) >= 11 is 0. The number of rotatable bonds is 73. The molecule has 0 heterocycles. The first-order chi connectivity index (χ1) is 51.7. The van der Waals surface area contributed by atoms with Crippen LogP contribution in [0.1, 0.15) is 285 Å². The van der Waals surface area contributed by atoms with Gasteiger partial charge in [-0.05, 0) is 161 Å². The Kier molecular flexibility index (Phi) is 73.1. The van der Waals surface area contributed by atoms with E-state index in [0.717, 1.165) is 186 Å². The van der Waals surface area contributed by atoms with Crippen molar-refractivity contribution in [3.05, 3.63) is 182 Å². The van der Waals surface area contributed by atoms with Crippen LogP contribution in [-0.4, -0.2) is 96.7 Å². The molecule has 5 atom stereocenters. The van der Waals surface area contributed by atoms with Crippen LogP contribution in [0.3, 0.4) is 0 Å². The average molecular weight is 1520 g/mol. The smallest absolute Gasteiger partial charge is 0.462 e. The lowest BCUT2D eigenvalue weighted by Crippen LogP contribution is -2.30. The van der Waals surface area contributed by atoms with Gasteiger partial charge in [0.25, 0.3) is 0 Å². The van der Waals surface area contributed by atoms with E-state index in [1.165, 1.54) is 19.3 Å². The van der Waals surface area contributed by atoms with Crippen LogP contribution < -0.4 is 0 Å². The Bertz CT molecular complexity index is 2730. The van der Waals surface area contributed by atoms with Gasteiger partial charge in [-0.25, -0.2) is 9.13 Å². The van der Waals surface area contributed by atoms with Crippen LogP contribution in [0.5, 0.6) is 0 Å². The second-order valence-electron chi connectivity index (χ2n) is 25.9. The van der Waals surface area contributed by atoms with E-state index in [1.54, 1.807) is 12.2 Å². The first-order valence-corrected chi connectivity index (χ1v) is 43.0. The SMILES string of the molecule is CC/C=C\C/C=C\C/C=C\C/C=C\C/C=C\CCCCCC(=O)OCC(COP(=O)(O)OCC(O)COP(=O)(O)OCC(COC(=O)CCCCCCCC/C=C\C/C=C\C/C=C\CCCCC)OC(=O)CCCCCCC/C=C\C/C=C\CCC)OC(=O)C/C=C\C/C=C\C/C=C\C/C=C\C/C=C\CC. The van der Waals surface area contributed by atoms with Crippen LogP contribution >= 0.6 is 15.6 Å². The van der Waals surface area contributed by atoms with Gasteiger partial charge in [0.05, 0.1) is 32.8 Å². The zero-order valence-electron chi connectivity index (χ0n) is 65.5. The molecular formula is C87H140O17P2. The molecule has 0 rings (SSSR count). The maximum absolute atomic E-state index is 13.1. The van der Waals surface area contributed by atoms with Crippen LogP contribution in [0.25, 0.3) is 0 Å². The lowest BCUT2D eigenvalue weighted by atomic mass is 10.1. The van der Waals surface area contributed by atoms with Gasteiger partial charge >= 0.3 is 39.5 Å². The highest BCUT2D eigenvalue weighted by atomic mass is 31.2. The molecule has 600 valence electrons. The van der Waals surface area contributed by atoms with Gasteiger partial charge in [0, 0.05) is 19.3 Å². The van der Waals surface area contributed by atoms with Crippen molar-refractivity contribution in [2.75, 3.05) is 39.6 Å². The molecule has 0 bridgehead atoms. The highest BCUT2D eigenvalue weighted by Crippen LogP contribution is 2.45. The van der Waals surface area contributed by atoms with E-state index in [-0.39, 0.29) is 25.7 Å². The number of hydrogen-bond donors (Lipinski definition) is 3. The molecule has 0 saturated heterocycles. The van der Waals surface area contributed by atoms with E-state index < -0.39 is 97.5 Å². The topological polar surface area (TPSA) is 237 Å². The Balaban J connectivity index is 5.47. The summed E-state index contributed by atoms with van der Waals surface area (Å²) in [5.41, 5.74) is 0. The lowest BCUT2D eigenvalue weighted by molar-refractivity contribution is -0.161. The van der Waals surface area contributed by atoms with Gasteiger partial charge in [-0.1, -0.05) is 281 Å². The standard InChI is InChI=1S/C87H140O17P2/c1-5-9-13-17-21-25-29-33-36-38-40-42-45-48-51-55-59-63-67-71-84(89)97-77-82(103-86(91)73-69-65-61-57-53-47-32-28-24-20-16-12-8-4)79-101-105(93,94)99-75-81(88)76-100-106(95,96)102-80-83(104-87(92)74-70-66-62-58-54-50-44-35-31-27-23-19-15-11-7-3)78-98-85(90)72-68-64-60-56-52-49-46-43-41-39-37-34-30-26-22-18-14-10-6-2/h10-11,14-16,20-23,25-28,32-37,40-44,49,52,54,58,66,70,81-83,88H,5-9,12-13,17-19,24,29-31,38-39,45-48,50-51,53,55-57,59-65,67-69,71-80H2,1-4H3,(H,93,94)(H,95,96)/b14-10-,15-11-,20-16-,25-21-,26-22-,27-23-,32-28-,36-33-,37-34-,42-40-,43-41-,44-35-,52-49-,58-54-,70-66-. The van der Waals surface area contributed by atoms with Crippen molar-refractivity contribution in [2.24, 2.45) is 0 Å². The molecule has 0 aromatic rings. The number of carbonyl (C=O) groups excluding carboxylic acids is 4. The molecule has 19 heteroatoms. The van der Waals surface area contributed by atoms with Crippen LogP contribution in [0.4, 0.5) is 0 Å². The molecule has 0 aliphatic rings. The maximum atomic E-state index is 13.1. The summed E-state index contributed by atoms with van der Waals surface area (Å²) in [7, 11) is -10.0. The number of unbranched alkanes of at least 4 members (excludes halogenated alkanes) is 18. The number of esters is 4. The number of ether oxygens (including phenoxy) is 4. The van der Waals surface area contributed by atoms with Crippen molar-refractivity contribution in [1.29, 1.82) is 0 Å². The van der Waals surface area contributed by atoms with Crippen molar-refractivity contribution in [1.82, 2.24) is 0 Å². The minimum Gasteiger partial charge on any atom is -0.462 e. The van der Waals surface area contributed by atoms with Gasteiger partial charge in [0.2, 0.25) is 0 Å². The fraction of sp³-hybridized carbons (Fsp3) is 0.609. The molecule has 0 saturated carbocycles. The normalized spacial score (nSPS) is 14.8. The molecule has 17 nitrogen and oxygen atoms in total. The molecule has 0 spiro atoms. The van der Waals surface area contributed by atoms with E-state index >= 15 is 0 Å². The molecule has 0 aromatic carbocycles. The van der Waals surface area contributed by atoms with Crippen molar-refractivity contribution < 1.29 is 80.2 Å². The Morgan fingerprint density at radius 1 is 0.283 bits per heavy atom. The zero-order valence-corrected chi connectivity index (χ0v) is 67.3. The first kappa shape index (κ1) is 100. The third-order valence-corrected chi connectivity index (χ3v) is 17.7. The monoisotopic (exact) mass is 1520 g/mol. The molecule has 0 radical (unpaired) electrons. The number of aliphatic hydroxyl groups excluding tert-OH is 1. The van der Waals surface area contributed by atoms with E-state index in [4.69, 9.17) is 37.0 Å². The van der Waals surface area contributed by atoms with Crippen molar-refractivity contribution >= 4 is 39.5 Å². The van der Waals surface area contributed by atoms with Crippen LogP contribution in [0.15, 0.2) is 182 Å². The minimum atomic E-state index is -5.02. The number of phosphoric ester groups is 2. The fourth-order valence-electron chi connectivity index (χ4n) is 9.84. The molecule has 106 heavy (non-hydrogen) atoms. The number of phosphoric acid groups is 2. The van der Waals surface area contributed by atoms with Crippen molar-refractivity contribution in [2.45, 2.75) is 303 Å². The number of aliphatic hydroxyl groups is 1. The fourth-order valence-corrected chi connectivity index (χ4v) is 11.4. The van der Waals surface area contributed by atoms with E-state index in [2.05, 4.69) is 186 Å². The van der Waals surface area contributed by atoms with Crippen LogP contribution in [-0.2, 0) is 65.4 Å². The third-order valence-electron chi connectivity index (χ3n) is 15.8. The summed E-state index contributed by atoms with van der Waals surface area (Å²) in [6.45, 7) is 4.35. The molecule has 0 fully saturated rings. The summed E-state index contributed by atoms with van der Waals surface area (Å²) in [4.78, 5) is 73.0. The second kappa shape index (κ2) is 77.3. The Morgan fingerprint density at radius 3 is 0.887 bits per heavy atom. The largest absolute Gasteiger partial charge is 0.472 e. The minimum absolute atomic E-state index is 0.0662. The summed E-state index contributed by atoms with van der Waals surface area (Å²) in [6, 6.07) is 0. The van der Waals surface area contributed by atoms with E-state index in [9.17, 15) is 43.2 Å². The molecule has 3 N–H and O–H groups in total. The third kappa shape index (κ3) is 76.4. The van der Waals surface area contributed by atoms with Gasteiger partial charge in [-0.3, -0.25) is 37.3 Å². The number of carbonyl (C=O) groups is 4. The summed E-state index contributed by atoms with van der Waals surface area (Å²) < 4.78 is 68.4. The van der Waals surface area contributed by atoms with Crippen LogP contribution in [0, 0.1) is 0 Å². The second-order valence-corrected chi connectivity index (χ2v) is 28.8. The molecule has 5 unspecified atom stereocenters. The van der Waals surface area contributed by atoms with Gasteiger partial charge < -0.3 is 33.8 Å². The molecular weight excluding hydrogens is 1380 g/mol. The van der Waals surface area contributed by atoms with Gasteiger partial charge in [-0.2, -0.15) is 0 Å². The Hall–Kier alpha value is -5.84. The summed E-state index contributed by atoms with van der Waals surface area (Å²) in [5, 5.41) is 10.6. The Labute approximate surface area is 641 Å². The molecule has 0 aliphatic heterocycles. The zero-order chi connectivity index (χ0) is 77.4. The maximum Gasteiger partial charge on any atom is 0.472 e. The van der Waals surface area contributed by atoms with Gasteiger partial charge in [-0.15, -0.1) is 0 Å². The summed E-state index contributed by atoms with van der Waals surface area (Å²) in [6.07, 6.45) is 93.3. The van der Waals surface area contributed by atoms with Crippen LogP contribution in [0.2, 0.25) is 0 Å². The van der Waals surface area contributed by atoms with Crippen molar-refractivity contribution in [3.63, 3.8) is 0 Å². The highest BCUT2D eigenvalue weighted by molar-refractivity contribution is 7.47. The average Bonchev–Trinajstić information content (AvgIpc) is 0.933. The predicted octanol–water partition coefficient (Wildman–Crippen LogP) is 23.6. The quantitative estimate of drug-likeness (QED) is 0.0169. The highest BCUT2D eigenvalue weighted by Gasteiger charge is 2.30. The van der Waals surface area contributed by atoms with Gasteiger partial charge in [0.15, 0.2) is 12.2 Å². The molecule has 0 aromatic heterocycles. The Morgan fingerprint density at radius 2 is 0.547 bits per heavy atom. The predicted molar refractivity (Wildman–Crippen MR) is 436 cm³/mol. The van der Waals surface area contributed by atoms with Crippen molar-refractivity contribution in [3.8, 4) is 0 Å². The number of hydrogen-bond acceptors (Lipinski definition) is 15. The first-order valence-electron chi connectivity index (χ1n) is 40.0. The van der Waals surface area contributed by atoms with Gasteiger partial charge in [0.1, 0.15) is 19.3 Å². The van der Waals surface area contributed by atoms with E-state index in [1.807, 2.05) is 12.2 Å². The van der Waals surface area contributed by atoms with E-state index in [0.29, 0.717) is 25.7 Å². The lowest BCUT2D eigenvalue weighted by Gasteiger charge is -2.21. The molecule has 0 amide bonds. The summed E-state index contributed by atoms with van der Waals surface area (Å²) in [5.74, 6) is -2.41. The molecule has 0 aliphatic carbocycles.